The summed E-state index contributed by atoms with van der Waals surface area (Å²) < 4.78 is 15.7. The van der Waals surface area contributed by atoms with Crippen LogP contribution in [-0.4, -0.2) is 25.1 Å². The molecule has 6 heteroatoms. The zero-order valence-electron chi connectivity index (χ0n) is 13.1. The first-order valence-corrected chi connectivity index (χ1v) is 7.21. The van der Waals surface area contributed by atoms with Crippen LogP contribution in [0.4, 0.5) is 0 Å². The van der Waals surface area contributed by atoms with Crippen LogP contribution in [0.2, 0.25) is 0 Å². The van der Waals surface area contributed by atoms with Crippen molar-refractivity contribution in [1.29, 1.82) is 0 Å². The predicted molar refractivity (Wildman–Crippen MR) is 83.8 cm³/mol. The number of hydrogen-bond donors (Lipinski definition) is 1. The van der Waals surface area contributed by atoms with Crippen molar-refractivity contribution >= 4 is 11.9 Å². The maximum Gasteiger partial charge on any atom is 0.307 e. The maximum atomic E-state index is 11.6. The largest absolute Gasteiger partial charge is 0.497 e. The molecular formula is C17H19NO5. The second-order valence-corrected chi connectivity index (χ2v) is 5.03. The lowest BCUT2D eigenvalue weighted by atomic mass is 10.2. The Bertz CT molecular complexity index is 675. The molecule has 23 heavy (non-hydrogen) atoms. The van der Waals surface area contributed by atoms with Gasteiger partial charge in [0, 0.05) is 12.0 Å². The smallest absolute Gasteiger partial charge is 0.307 e. The van der Waals surface area contributed by atoms with Gasteiger partial charge < -0.3 is 19.6 Å². The fourth-order valence-corrected chi connectivity index (χ4v) is 1.96. The van der Waals surface area contributed by atoms with Crippen LogP contribution in [0.15, 0.2) is 40.8 Å². The van der Waals surface area contributed by atoms with Crippen LogP contribution >= 0.6 is 0 Å². The molecule has 0 saturated carbocycles. The minimum atomic E-state index is -0.922. The minimum Gasteiger partial charge on any atom is -0.497 e. The van der Waals surface area contributed by atoms with E-state index in [0.717, 1.165) is 11.3 Å². The highest BCUT2D eigenvalue weighted by molar-refractivity contribution is 5.81. The van der Waals surface area contributed by atoms with E-state index >= 15 is 0 Å². The van der Waals surface area contributed by atoms with Gasteiger partial charge in [-0.1, -0.05) is 0 Å². The van der Waals surface area contributed by atoms with Crippen LogP contribution in [0, 0.1) is 0 Å². The van der Waals surface area contributed by atoms with Crippen molar-refractivity contribution in [3.63, 3.8) is 0 Å². The molecule has 1 aromatic heterocycles. The summed E-state index contributed by atoms with van der Waals surface area (Å²) in [6.07, 6.45) is -0.415. The number of aryl methyl sites for hydroxylation is 1. The van der Waals surface area contributed by atoms with E-state index in [-0.39, 0.29) is 6.42 Å². The van der Waals surface area contributed by atoms with Crippen LogP contribution in [-0.2, 0) is 20.7 Å². The third-order valence-corrected chi connectivity index (χ3v) is 3.32. The number of primary amides is 1. The van der Waals surface area contributed by atoms with E-state index in [1.807, 2.05) is 36.4 Å². The molecule has 0 aliphatic heterocycles. The van der Waals surface area contributed by atoms with Gasteiger partial charge in [0.2, 0.25) is 0 Å². The first kappa shape index (κ1) is 16.6. The van der Waals surface area contributed by atoms with Gasteiger partial charge in [-0.25, -0.2) is 0 Å². The van der Waals surface area contributed by atoms with Crippen molar-refractivity contribution in [2.24, 2.45) is 5.73 Å². The van der Waals surface area contributed by atoms with Gasteiger partial charge in [-0.05, 0) is 43.3 Å². The van der Waals surface area contributed by atoms with E-state index in [1.165, 1.54) is 6.92 Å². The molecule has 1 aromatic carbocycles. The maximum absolute atomic E-state index is 11.6. The molecular weight excluding hydrogens is 298 g/mol. The van der Waals surface area contributed by atoms with E-state index in [2.05, 4.69) is 0 Å². The topological polar surface area (TPSA) is 91.8 Å². The summed E-state index contributed by atoms with van der Waals surface area (Å²) >= 11 is 0. The van der Waals surface area contributed by atoms with Gasteiger partial charge in [0.15, 0.2) is 6.10 Å². The van der Waals surface area contributed by atoms with E-state index < -0.39 is 18.0 Å². The standard InChI is InChI=1S/C17H19NO5/c1-11(17(18)20)22-16(19)10-8-14-7-9-15(23-14)12-3-5-13(21-2)6-4-12/h3-7,9,11H,8,10H2,1-2H3,(H2,18,20)/t11-/m1/s1. The highest BCUT2D eigenvalue weighted by Gasteiger charge is 2.15. The number of benzene rings is 1. The van der Waals surface area contributed by atoms with Crippen molar-refractivity contribution in [3.8, 4) is 17.1 Å². The zero-order valence-corrected chi connectivity index (χ0v) is 13.1. The second kappa shape index (κ2) is 7.49. The summed E-state index contributed by atoms with van der Waals surface area (Å²) in [6, 6.07) is 11.1. The average molecular weight is 317 g/mol. The molecule has 0 aliphatic rings. The highest BCUT2D eigenvalue weighted by atomic mass is 16.5. The highest BCUT2D eigenvalue weighted by Crippen LogP contribution is 2.25. The number of carbonyl (C=O) groups excluding carboxylic acids is 2. The molecule has 0 unspecified atom stereocenters. The summed E-state index contributed by atoms with van der Waals surface area (Å²) in [5.74, 6) is 0.990. The Morgan fingerprint density at radius 1 is 1.17 bits per heavy atom. The molecule has 0 saturated heterocycles. The number of nitrogens with two attached hydrogens (primary N) is 1. The molecule has 1 amide bonds. The summed E-state index contributed by atoms with van der Waals surface area (Å²) in [4.78, 5) is 22.4. The first-order chi connectivity index (χ1) is 11.0. The Hall–Kier alpha value is -2.76. The van der Waals surface area contributed by atoms with Gasteiger partial charge in [0.1, 0.15) is 17.3 Å². The van der Waals surface area contributed by atoms with E-state index in [9.17, 15) is 9.59 Å². The van der Waals surface area contributed by atoms with Gasteiger partial charge >= 0.3 is 5.97 Å². The third-order valence-electron chi connectivity index (χ3n) is 3.32. The van der Waals surface area contributed by atoms with Crippen molar-refractivity contribution in [2.75, 3.05) is 7.11 Å². The molecule has 2 rings (SSSR count). The lowest BCUT2D eigenvalue weighted by Crippen LogP contribution is -2.30. The molecule has 2 N–H and O–H groups in total. The molecule has 0 bridgehead atoms. The van der Waals surface area contributed by atoms with E-state index in [0.29, 0.717) is 17.9 Å². The minimum absolute atomic E-state index is 0.118. The molecule has 0 fully saturated rings. The number of furan rings is 1. The Kier molecular flexibility index (Phi) is 5.41. The van der Waals surface area contributed by atoms with E-state index in [1.54, 1.807) is 7.11 Å². The molecule has 0 radical (unpaired) electrons. The van der Waals surface area contributed by atoms with Crippen LogP contribution in [0.1, 0.15) is 19.1 Å². The molecule has 1 atom stereocenters. The van der Waals surface area contributed by atoms with Crippen LogP contribution in [0.5, 0.6) is 5.75 Å². The van der Waals surface area contributed by atoms with Gasteiger partial charge in [-0.3, -0.25) is 9.59 Å². The van der Waals surface area contributed by atoms with Crippen LogP contribution < -0.4 is 10.5 Å². The molecule has 2 aromatic rings. The quantitative estimate of drug-likeness (QED) is 0.791. The SMILES string of the molecule is COc1ccc(-c2ccc(CCC(=O)O[C@H](C)C(N)=O)o2)cc1. The first-order valence-electron chi connectivity index (χ1n) is 7.21. The number of ether oxygens (including phenoxy) is 2. The Labute approximate surface area is 134 Å². The third kappa shape index (κ3) is 4.60. The number of esters is 1. The van der Waals surface area contributed by atoms with Crippen molar-refractivity contribution in [2.45, 2.75) is 25.9 Å². The van der Waals surface area contributed by atoms with E-state index in [4.69, 9.17) is 19.6 Å². The van der Waals surface area contributed by atoms with Gasteiger partial charge in [-0.15, -0.1) is 0 Å². The lowest BCUT2D eigenvalue weighted by Gasteiger charge is -2.08. The summed E-state index contributed by atoms with van der Waals surface area (Å²) in [6.45, 7) is 1.44. The fraction of sp³-hybridized carbons (Fsp3) is 0.294. The number of methoxy groups -OCH3 is 1. The number of hydrogen-bond acceptors (Lipinski definition) is 5. The van der Waals surface area contributed by atoms with Crippen molar-refractivity contribution in [1.82, 2.24) is 0 Å². The van der Waals surface area contributed by atoms with Crippen molar-refractivity contribution in [3.05, 3.63) is 42.2 Å². The van der Waals surface area contributed by atoms with Crippen LogP contribution in [0.3, 0.4) is 0 Å². The second-order valence-electron chi connectivity index (χ2n) is 5.03. The van der Waals surface area contributed by atoms with Crippen molar-refractivity contribution < 1.29 is 23.5 Å². The van der Waals surface area contributed by atoms with Gasteiger partial charge in [0.05, 0.1) is 13.5 Å². The number of rotatable bonds is 7. The average Bonchev–Trinajstić information content (AvgIpc) is 3.02. The van der Waals surface area contributed by atoms with Gasteiger partial charge in [0.25, 0.3) is 5.91 Å². The fourth-order valence-electron chi connectivity index (χ4n) is 1.96. The van der Waals surface area contributed by atoms with Crippen LogP contribution in [0.25, 0.3) is 11.3 Å². The summed E-state index contributed by atoms with van der Waals surface area (Å²) in [7, 11) is 1.61. The molecule has 0 spiro atoms. The summed E-state index contributed by atoms with van der Waals surface area (Å²) in [5, 5.41) is 0. The molecule has 1 heterocycles. The number of carbonyl (C=O) groups is 2. The normalized spacial score (nSPS) is 11.7. The Balaban J connectivity index is 1.91. The predicted octanol–water partition coefficient (Wildman–Crippen LogP) is 2.30. The summed E-state index contributed by atoms with van der Waals surface area (Å²) in [5.41, 5.74) is 5.95. The van der Waals surface area contributed by atoms with Gasteiger partial charge in [-0.2, -0.15) is 0 Å². The lowest BCUT2D eigenvalue weighted by molar-refractivity contribution is -0.153. The Morgan fingerprint density at radius 3 is 2.48 bits per heavy atom. The zero-order chi connectivity index (χ0) is 16.8. The molecule has 0 aliphatic carbocycles. The molecule has 6 nitrogen and oxygen atoms in total. The molecule has 122 valence electrons. The Morgan fingerprint density at radius 2 is 1.87 bits per heavy atom. The number of amides is 1. The monoisotopic (exact) mass is 317 g/mol.